The van der Waals surface area contributed by atoms with E-state index >= 15 is 0 Å². The Morgan fingerprint density at radius 3 is 2.42 bits per heavy atom. The van der Waals surface area contributed by atoms with Crippen LogP contribution in [-0.2, 0) is 0 Å². The van der Waals surface area contributed by atoms with Gasteiger partial charge >= 0.3 is 0 Å². The third-order valence-corrected chi connectivity index (χ3v) is 1.96. The molecule has 5 nitrogen and oxygen atoms in total. The number of guanidine groups is 1. The van der Waals surface area contributed by atoms with Crippen molar-refractivity contribution in [1.82, 2.24) is 10.4 Å². The van der Waals surface area contributed by atoms with Crippen LogP contribution in [0.25, 0.3) is 0 Å². The Hall–Kier alpha value is -0.810. The number of hydrogen-bond acceptors (Lipinski definition) is 3. The highest BCUT2D eigenvalue weighted by Gasteiger charge is 2.19. The van der Waals surface area contributed by atoms with E-state index in [1.54, 1.807) is 5.48 Å². The van der Waals surface area contributed by atoms with Crippen LogP contribution in [0, 0.1) is 0 Å². The number of likely N-dealkylation sites (N-methyl/N-ethyl adjacent to an activating group) is 1. The van der Waals surface area contributed by atoms with Crippen LogP contribution in [0.2, 0.25) is 0 Å². The van der Waals surface area contributed by atoms with Gasteiger partial charge in [0.15, 0.2) is 0 Å². The van der Waals surface area contributed by atoms with E-state index in [0.717, 1.165) is 0 Å². The number of nitrogens with one attached hydrogen (secondary N) is 1. The quantitative estimate of drug-likeness (QED) is 0.310. The fourth-order valence-corrected chi connectivity index (χ4v) is 0.455. The van der Waals surface area contributed by atoms with Crippen LogP contribution in [0.1, 0.15) is 13.8 Å². The van der Waals surface area contributed by atoms with E-state index in [2.05, 4.69) is 4.99 Å². The molecule has 0 aromatic carbocycles. The maximum atomic E-state index is 8.35. The molecule has 0 aromatic heterocycles. The van der Waals surface area contributed by atoms with Crippen molar-refractivity contribution in [3.8, 4) is 0 Å². The van der Waals surface area contributed by atoms with Crippen molar-refractivity contribution in [3.05, 3.63) is 0 Å². The van der Waals surface area contributed by atoms with Gasteiger partial charge in [-0.3, -0.25) is 5.21 Å². The molecular formula is C7H18N4O. The van der Waals surface area contributed by atoms with Gasteiger partial charge in [-0.15, -0.1) is 0 Å². The molecule has 0 saturated carbocycles. The lowest BCUT2D eigenvalue weighted by molar-refractivity contribution is 0.202. The summed E-state index contributed by atoms with van der Waals surface area (Å²) in [5.74, 6) is 0.0462. The topological polar surface area (TPSA) is 73.9 Å². The van der Waals surface area contributed by atoms with Crippen molar-refractivity contribution < 1.29 is 5.21 Å². The molecule has 0 rings (SSSR count). The molecule has 0 amide bonds. The zero-order valence-corrected chi connectivity index (χ0v) is 8.13. The number of hydrogen-bond donors (Lipinski definition) is 3. The first-order chi connectivity index (χ1) is 5.40. The van der Waals surface area contributed by atoms with E-state index in [4.69, 9.17) is 10.9 Å². The van der Waals surface area contributed by atoms with Gasteiger partial charge in [0.1, 0.15) is 0 Å². The van der Waals surface area contributed by atoms with E-state index in [0.29, 0.717) is 6.54 Å². The summed E-state index contributed by atoms with van der Waals surface area (Å²) >= 11 is 0. The predicted molar refractivity (Wildman–Crippen MR) is 49.2 cm³/mol. The molecule has 72 valence electrons. The Morgan fingerprint density at radius 1 is 1.58 bits per heavy atom. The highest BCUT2D eigenvalue weighted by Crippen LogP contribution is 2.09. The van der Waals surface area contributed by atoms with Crippen molar-refractivity contribution in [2.45, 2.75) is 19.4 Å². The summed E-state index contributed by atoms with van der Waals surface area (Å²) in [6.07, 6.45) is 0. The van der Waals surface area contributed by atoms with Crippen LogP contribution in [0.4, 0.5) is 0 Å². The lowest BCUT2D eigenvalue weighted by atomic mass is 10.1. The van der Waals surface area contributed by atoms with Gasteiger partial charge in [-0.25, -0.2) is 10.5 Å². The van der Waals surface area contributed by atoms with Crippen LogP contribution in [0.3, 0.4) is 0 Å². The molecule has 0 bridgehead atoms. The second-order valence-corrected chi connectivity index (χ2v) is 3.52. The van der Waals surface area contributed by atoms with E-state index in [1.807, 2.05) is 32.8 Å². The SMILES string of the molecule is CN(C)C(C)(C)CN=C(N)NO. The highest BCUT2D eigenvalue weighted by atomic mass is 16.5. The molecular weight excluding hydrogens is 156 g/mol. The summed E-state index contributed by atoms with van der Waals surface area (Å²) < 4.78 is 0. The molecule has 0 fully saturated rings. The lowest BCUT2D eigenvalue weighted by Crippen LogP contribution is -2.42. The normalized spacial score (nSPS) is 13.7. The standard InChI is InChI=1S/C7H18N4O/c1-7(2,11(3)4)5-9-6(8)10-12/h12H,5H2,1-4H3,(H3,8,9,10). The van der Waals surface area contributed by atoms with Crippen LogP contribution in [-0.4, -0.2) is 42.2 Å². The molecule has 0 aliphatic carbocycles. The number of aliphatic imine (C=N–C) groups is 1. The zero-order valence-electron chi connectivity index (χ0n) is 8.13. The Bertz CT molecular complexity index is 165. The Morgan fingerprint density at radius 2 is 2.08 bits per heavy atom. The zero-order chi connectivity index (χ0) is 9.78. The molecule has 0 aliphatic rings. The smallest absolute Gasteiger partial charge is 0.212 e. The van der Waals surface area contributed by atoms with E-state index in [1.165, 1.54) is 0 Å². The van der Waals surface area contributed by atoms with Gasteiger partial charge in [-0.05, 0) is 27.9 Å². The average molecular weight is 174 g/mol. The van der Waals surface area contributed by atoms with Gasteiger partial charge in [0.05, 0.1) is 6.54 Å². The van der Waals surface area contributed by atoms with Crippen molar-refractivity contribution >= 4 is 5.96 Å². The maximum Gasteiger partial charge on any atom is 0.212 e. The van der Waals surface area contributed by atoms with E-state index in [9.17, 15) is 0 Å². The van der Waals surface area contributed by atoms with E-state index < -0.39 is 0 Å². The molecule has 0 spiro atoms. The average Bonchev–Trinajstić information content (AvgIpc) is 2.00. The first kappa shape index (κ1) is 11.2. The monoisotopic (exact) mass is 174 g/mol. The number of nitrogens with zero attached hydrogens (tertiary/aromatic N) is 2. The van der Waals surface area contributed by atoms with Crippen molar-refractivity contribution in [3.63, 3.8) is 0 Å². The molecule has 5 heteroatoms. The fourth-order valence-electron chi connectivity index (χ4n) is 0.455. The molecule has 0 saturated heterocycles. The molecule has 0 aromatic rings. The summed E-state index contributed by atoms with van der Waals surface area (Å²) in [6.45, 7) is 4.63. The first-order valence-corrected chi connectivity index (χ1v) is 3.77. The predicted octanol–water partition coefficient (Wildman–Crippen LogP) is -0.380. The van der Waals surface area contributed by atoms with Crippen LogP contribution >= 0.6 is 0 Å². The third-order valence-electron chi connectivity index (χ3n) is 1.96. The van der Waals surface area contributed by atoms with Gasteiger partial charge in [0, 0.05) is 5.54 Å². The number of hydroxylamine groups is 1. The number of rotatable bonds is 3. The van der Waals surface area contributed by atoms with Crippen LogP contribution in [0.15, 0.2) is 4.99 Å². The van der Waals surface area contributed by atoms with Crippen LogP contribution in [0.5, 0.6) is 0 Å². The van der Waals surface area contributed by atoms with Gasteiger partial charge < -0.3 is 10.6 Å². The van der Waals surface area contributed by atoms with Crippen LogP contribution < -0.4 is 11.2 Å². The Balaban J connectivity index is 4.08. The molecule has 0 unspecified atom stereocenters. The van der Waals surface area contributed by atoms with Gasteiger partial charge in [-0.2, -0.15) is 0 Å². The molecule has 0 aliphatic heterocycles. The van der Waals surface area contributed by atoms with Crippen molar-refractivity contribution in [2.75, 3.05) is 20.6 Å². The molecule has 0 radical (unpaired) electrons. The summed E-state index contributed by atoms with van der Waals surface area (Å²) in [4.78, 5) is 5.97. The third kappa shape index (κ3) is 3.54. The minimum atomic E-state index is -0.0541. The highest BCUT2D eigenvalue weighted by molar-refractivity contribution is 5.76. The minimum absolute atomic E-state index is 0.0462. The second kappa shape index (κ2) is 4.27. The van der Waals surface area contributed by atoms with Crippen molar-refractivity contribution in [1.29, 1.82) is 0 Å². The summed E-state index contributed by atoms with van der Waals surface area (Å²) in [5, 5.41) is 8.35. The van der Waals surface area contributed by atoms with Gasteiger partial charge in [-0.1, -0.05) is 0 Å². The fraction of sp³-hybridized carbons (Fsp3) is 0.857. The summed E-state index contributed by atoms with van der Waals surface area (Å²) in [5.41, 5.74) is 6.98. The molecule has 0 atom stereocenters. The lowest BCUT2D eigenvalue weighted by Gasteiger charge is -2.30. The molecule has 0 heterocycles. The van der Waals surface area contributed by atoms with Crippen molar-refractivity contribution in [2.24, 2.45) is 10.7 Å². The Labute approximate surface area is 73.2 Å². The molecule has 4 N–H and O–H groups in total. The van der Waals surface area contributed by atoms with Gasteiger partial charge in [0.2, 0.25) is 5.96 Å². The first-order valence-electron chi connectivity index (χ1n) is 3.77. The maximum absolute atomic E-state index is 8.35. The molecule has 12 heavy (non-hydrogen) atoms. The largest absolute Gasteiger partial charge is 0.368 e. The number of nitrogens with two attached hydrogens (primary N) is 1. The summed E-state index contributed by atoms with van der Waals surface area (Å²) in [7, 11) is 3.94. The second-order valence-electron chi connectivity index (χ2n) is 3.52. The minimum Gasteiger partial charge on any atom is -0.368 e. The van der Waals surface area contributed by atoms with E-state index in [-0.39, 0.29) is 11.5 Å². The van der Waals surface area contributed by atoms with Gasteiger partial charge in [0.25, 0.3) is 0 Å². The summed E-state index contributed by atoms with van der Waals surface area (Å²) in [6, 6.07) is 0. The Kier molecular flexibility index (Phi) is 3.99.